The second-order valence-electron chi connectivity index (χ2n) is 2.36. The largest absolute Gasteiger partial charge is 0.478 e. The molecule has 0 aromatic rings. The zero-order valence-corrected chi connectivity index (χ0v) is 7.38. The molecular formula is C7H6Cl2O3. The molecule has 1 unspecified atom stereocenters. The number of allylic oxidation sites excluding steroid dienone is 2. The lowest BCUT2D eigenvalue weighted by molar-refractivity contribution is -0.133. The Hall–Kier alpha value is -0.510. The number of carboxylic acid groups (broad SMARTS) is 1. The van der Waals surface area contributed by atoms with Crippen LogP contribution in [0, 0.1) is 0 Å². The molecule has 1 rings (SSSR count). The fourth-order valence-electron chi connectivity index (χ4n) is 0.858. The quantitative estimate of drug-likeness (QED) is 0.635. The Morgan fingerprint density at radius 3 is 2.58 bits per heavy atom. The normalized spacial score (nSPS) is 26.6. The van der Waals surface area contributed by atoms with Crippen molar-refractivity contribution in [2.24, 2.45) is 0 Å². The highest BCUT2D eigenvalue weighted by atomic mass is 35.5. The van der Waals surface area contributed by atoms with Crippen LogP contribution < -0.4 is 0 Å². The van der Waals surface area contributed by atoms with Crippen molar-refractivity contribution in [3.63, 3.8) is 0 Å². The number of hydrogen-bond acceptors (Lipinski definition) is 2. The molecule has 0 aromatic heterocycles. The van der Waals surface area contributed by atoms with Crippen LogP contribution in [-0.2, 0) is 4.79 Å². The number of aliphatic carboxylic acids is 1. The summed E-state index contributed by atoms with van der Waals surface area (Å²) in [7, 11) is 0. The van der Waals surface area contributed by atoms with Crippen LogP contribution in [0.25, 0.3) is 0 Å². The molecule has 0 saturated carbocycles. The van der Waals surface area contributed by atoms with Crippen LogP contribution in [0.15, 0.2) is 23.8 Å². The molecule has 12 heavy (non-hydrogen) atoms. The van der Waals surface area contributed by atoms with Gasteiger partial charge in [-0.3, -0.25) is 0 Å². The Balaban J connectivity index is 2.99. The number of rotatable bonds is 1. The van der Waals surface area contributed by atoms with Crippen LogP contribution in [0.2, 0.25) is 0 Å². The highest BCUT2D eigenvalue weighted by molar-refractivity contribution is 6.50. The number of carbonyl (C=O) groups is 1. The summed E-state index contributed by atoms with van der Waals surface area (Å²) in [5.41, 5.74) is -0.206. The van der Waals surface area contributed by atoms with E-state index < -0.39 is 16.4 Å². The highest BCUT2D eigenvalue weighted by Crippen LogP contribution is 2.33. The third kappa shape index (κ3) is 1.63. The van der Waals surface area contributed by atoms with Crippen molar-refractivity contribution >= 4 is 29.2 Å². The first-order valence-corrected chi connectivity index (χ1v) is 3.89. The molecule has 0 fully saturated rings. The topological polar surface area (TPSA) is 57.5 Å². The van der Waals surface area contributed by atoms with Crippen molar-refractivity contribution in [2.45, 2.75) is 10.4 Å². The van der Waals surface area contributed by atoms with Gasteiger partial charge in [-0.25, -0.2) is 4.79 Å². The second-order valence-corrected chi connectivity index (χ2v) is 3.81. The molecule has 0 heterocycles. The van der Waals surface area contributed by atoms with E-state index in [1.54, 1.807) is 0 Å². The average molecular weight is 209 g/mol. The number of aliphatic hydroxyl groups excluding tert-OH is 1. The summed E-state index contributed by atoms with van der Waals surface area (Å²) in [6.07, 6.45) is 2.60. The molecule has 2 N–H and O–H groups in total. The van der Waals surface area contributed by atoms with Crippen LogP contribution in [0.4, 0.5) is 0 Å². The Bertz CT molecular complexity index is 268. The lowest BCUT2D eigenvalue weighted by atomic mass is 10.0. The smallest absolute Gasteiger partial charge is 0.334 e. The summed E-state index contributed by atoms with van der Waals surface area (Å²) >= 11 is 11.2. The monoisotopic (exact) mass is 208 g/mol. The van der Waals surface area contributed by atoms with Gasteiger partial charge in [0.1, 0.15) is 6.10 Å². The van der Waals surface area contributed by atoms with Crippen molar-refractivity contribution in [2.75, 3.05) is 0 Å². The Kier molecular flexibility index (Phi) is 2.46. The highest BCUT2D eigenvalue weighted by Gasteiger charge is 2.37. The molecule has 0 amide bonds. The first-order chi connectivity index (χ1) is 5.45. The Morgan fingerprint density at radius 2 is 2.17 bits per heavy atom. The predicted molar refractivity (Wildman–Crippen MR) is 45.3 cm³/mol. The molecular weight excluding hydrogens is 203 g/mol. The maximum atomic E-state index is 10.5. The van der Waals surface area contributed by atoms with Crippen LogP contribution in [0.3, 0.4) is 0 Å². The van der Waals surface area contributed by atoms with Crippen molar-refractivity contribution < 1.29 is 15.0 Å². The second kappa shape index (κ2) is 3.09. The summed E-state index contributed by atoms with van der Waals surface area (Å²) in [5, 5.41) is 17.9. The van der Waals surface area contributed by atoms with Gasteiger partial charge in [0.15, 0.2) is 4.33 Å². The minimum atomic E-state index is -1.54. The molecule has 1 aliphatic rings. The summed E-state index contributed by atoms with van der Waals surface area (Å²) in [4.78, 5) is 10.5. The fourth-order valence-corrected chi connectivity index (χ4v) is 1.24. The third-order valence-electron chi connectivity index (χ3n) is 1.50. The summed E-state index contributed by atoms with van der Waals surface area (Å²) in [5.74, 6) is -1.22. The van der Waals surface area contributed by atoms with E-state index in [2.05, 4.69) is 0 Å². The number of alkyl halides is 2. The van der Waals surface area contributed by atoms with Gasteiger partial charge in [-0.05, 0) is 12.2 Å². The van der Waals surface area contributed by atoms with Crippen molar-refractivity contribution in [1.29, 1.82) is 0 Å². The van der Waals surface area contributed by atoms with Crippen LogP contribution in [0.5, 0.6) is 0 Å². The lowest BCUT2D eigenvalue weighted by Crippen LogP contribution is -2.35. The predicted octanol–water partition coefficient (Wildman–Crippen LogP) is 1.10. The summed E-state index contributed by atoms with van der Waals surface area (Å²) < 4.78 is -1.54. The number of halogens is 2. The minimum absolute atomic E-state index is 0.206. The van der Waals surface area contributed by atoms with Gasteiger partial charge in [0.2, 0.25) is 0 Å². The molecule has 1 aliphatic carbocycles. The summed E-state index contributed by atoms with van der Waals surface area (Å²) in [6, 6.07) is 0. The van der Waals surface area contributed by atoms with Crippen LogP contribution in [-0.4, -0.2) is 26.6 Å². The van der Waals surface area contributed by atoms with E-state index in [0.29, 0.717) is 0 Å². The van der Waals surface area contributed by atoms with Crippen LogP contribution >= 0.6 is 23.2 Å². The van der Waals surface area contributed by atoms with Gasteiger partial charge >= 0.3 is 5.97 Å². The standard InChI is InChI=1S/C7H6Cl2O3/c8-7(9)3-1-2-4(5(7)10)6(11)12/h1-3,5,10H,(H,11,12). The lowest BCUT2D eigenvalue weighted by Gasteiger charge is -2.25. The first-order valence-electron chi connectivity index (χ1n) is 3.14. The maximum Gasteiger partial charge on any atom is 0.334 e. The van der Waals surface area contributed by atoms with E-state index in [0.717, 1.165) is 0 Å². The molecule has 1 atom stereocenters. The van der Waals surface area contributed by atoms with Gasteiger partial charge in [-0.2, -0.15) is 0 Å². The van der Waals surface area contributed by atoms with Gasteiger partial charge in [0.25, 0.3) is 0 Å². The molecule has 0 aliphatic heterocycles. The molecule has 3 nitrogen and oxygen atoms in total. The molecule has 0 spiro atoms. The Labute approximate surface area is 78.9 Å². The van der Waals surface area contributed by atoms with Crippen molar-refractivity contribution in [3.05, 3.63) is 23.8 Å². The minimum Gasteiger partial charge on any atom is -0.478 e. The van der Waals surface area contributed by atoms with E-state index in [9.17, 15) is 9.90 Å². The first kappa shape index (κ1) is 9.58. The molecule has 0 aromatic carbocycles. The van der Waals surface area contributed by atoms with Gasteiger partial charge < -0.3 is 10.2 Å². The van der Waals surface area contributed by atoms with Gasteiger partial charge in [-0.15, -0.1) is 0 Å². The molecule has 0 saturated heterocycles. The van der Waals surface area contributed by atoms with Gasteiger partial charge in [-0.1, -0.05) is 29.3 Å². The molecule has 5 heteroatoms. The maximum absolute atomic E-state index is 10.5. The molecule has 66 valence electrons. The zero-order chi connectivity index (χ0) is 9.35. The van der Waals surface area contributed by atoms with Crippen molar-refractivity contribution in [3.8, 4) is 0 Å². The zero-order valence-electron chi connectivity index (χ0n) is 5.87. The SMILES string of the molecule is O=C(O)C1=CC=CC(Cl)(Cl)C1O. The molecule has 0 bridgehead atoms. The van der Waals surface area contributed by atoms with E-state index in [-0.39, 0.29) is 5.57 Å². The fraction of sp³-hybridized carbons (Fsp3) is 0.286. The Morgan fingerprint density at radius 1 is 1.58 bits per heavy atom. The van der Waals surface area contributed by atoms with Crippen LogP contribution in [0.1, 0.15) is 0 Å². The average Bonchev–Trinajstić information content (AvgIpc) is 1.94. The third-order valence-corrected chi connectivity index (χ3v) is 2.17. The van der Waals surface area contributed by atoms with Gasteiger partial charge in [0.05, 0.1) is 5.57 Å². The van der Waals surface area contributed by atoms with Crippen molar-refractivity contribution in [1.82, 2.24) is 0 Å². The van der Waals surface area contributed by atoms with Gasteiger partial charge in [0, 0.05) is 0 Å². The van der Waals surface area contributed by atoms with E-state index in [4.69, 9.17) is 28.3 Å². The van der Waals surface area contributed by atoms with E-state index >= 15 is 0 Å². The summed E-state index contributed by atoms with van der Waals surface area (Å²) in [6.45, 7) is 0. The number of aliphatic hydroxyl groups is 1. The van der Waals surface area contributed by atoms with E-state index in [1.807, 2.05) is 0 Å². The number of hydrogen-bond donors (Lipinski definition) is 2. The van der Waals surface area contributed by atoms with E-state index in [1.165, 1.54) is 18.2 Å². The molecule has 0 radical (unpaired) electrons. The number of carboxylic acids is 1.